The zero-order chi connectivity index (χ0) is 27.5. The average Bonchev–Trinajstić information content (AvgIpc) is 2.91. The van der Waals surface area contributed by atoms with Gasteiger partial charge < -0.3 is 14.8 Å². The van der Waals surface area contributed by atoms with E-state index < -0.39 is 10.0 Å². The highest BCUT2D eigenvalue weighted by Crippen LogP contribution is 2.27. The number of rotatable bonds is 14. The summed E-state index contributed by atoms with van der Waals surface area (Å²) in [6.45, 7) is 6.45. The summed E-state index contributed by atoms with van der Waals surface area (Å²) in [6, 6.07) is 21.3. The maximum Gasteiger partial charge on any atom is 0.264 e. The first-order valence-corrected chi connectivity index (χ1v) is 15.3. The summed E-state index contributed by atoms with van der Waals surface area (Å²) >= 11 is 1.53. The van der Waals surface area contributed by atoms with Crippen LogP contribution in [0.25, 0.3) is 0 Å². The molecule has 0 spiro atoms. The Balaban J connectivity index is 1.66. The molecular weight excluding hydrogens is 520 g/mol. The zero-order valence-electron chi connectivity index (χ0n) is 22.3. The van der Waals surface area contributed by atoms with Crippen LogP contribution in [-0.4, -0.2) is 46.4 Å². The molecule has 0 bridgehead atoms. The third-order valence-corrected chi connectivity index (χ3v) is 8.16. The lowest BCUT2D eigenvalue weighted by molar-refractivity contribution is -0.119. The monoisotopic (exact) mass is 556 g/mol. The van der Waals surface area contributed by atoms with Crippen molar-refractivity contribution >= 4 is 33.4 Å². The normalized spacial score (nSPS) is 11.3. The number of nitrogens with one attached hydrogen (secondary N) is 1. The molecule has 0 radical (unpaired) electrons. The lowest BCUT2D eigenvalue weighted by Crippen LogP contribution is -2.41. The van der Waals surface area contributed by atoms with Gasteiger partial charge in [0, 0.05) is 11.4 Å². The Morgan fingerprint density at radius 2 is 1.58 bits per heavy atom. The molecule has 0 atom stereocenters. The second-order valence-electron chi connectivity index (χ2n) is 8.88. The first-order valence-electron chi connectivity index (χ1n) is 12.6. The molecule has 0 saturated carbocycles. The van der Waals surface area contributed by atoms with Crippen molar-refractivity contribution in [3.8, 4) is 11.5 Å². The van der Waals surface area contributed by atoms with Crippen molar-refractivity contribution < 1.29 is 22.7 Å². The SMILES string of the molecule is CCOc1ccc(N(CC(=O)NCCCc2ccc(OC(C)C)cc2)S(=O)(=O)c2ccc(SC)cc2)cc1. The lowest BCUT2D eigenvalue weighted by atomic mass is 10.1. The van der Waals surface area contributed by atoms with Crippen molar-refractivity contribution in [3.63, 3.8) is 0 Å². The first kappa shape index (κ1) is 29.4. The molecule has 0 aromatic heterocycles. The molecule has 1 N–H and O–H groups in total. The van der Waals surface area contributed by atoms with E-state index in [1.165, 1.54) is 11.8 Å². The molecule has 38 heavy (non-hydrogen) atoms. The van der Waals surface area contributed by atoms with Crippen LogP contribution in [0.15, 0.2) is 82.6 Å². The van der Waals surface area contributed by atoms with E-state index in [4.69, 9.17) is 9.47 Å². The van der Waals surface area contributed by atoms with Crippen molar-refractivity contribution in [2.45, 2.75) is 49.5 Å². The maximum absolute atomic E-state index is 13.6. The number of sulfonamides is 1. The van der Waals surface area contributed by atoms with Crippen LogP contribution >= 0.6 is 11.8 Å². The van der Waals surface area contributed by atoms with Crippen LogP contribution in [0.3, 0.4) is 0 Å². The minimum absolute atomic E-state index is 0.122. The van der Waals surface area contributed by atoms with Crippen LogP contribution in [0, 0.1) is 0 Å². The maximum atomic E-state index is 13.6. The molecule has 0 unspecified atom stereocenters. The van der Waals surface area contributed by atoms with Crippen LogP contribution in [0.5, 0.6) is 11.5 Å². The van der Waals surface area contributed by atoms with E-state index in [2.05, 4.69) is 5.32 Å². The minimum Gasteiger partial charge on any atom is -0.494 e. The molecule has 0 aliphatic heterocycles. The first-order chi connectivity index (χ1) is 18.2. The smallest absolute Gasteiger partial charge is 0.264 e. The van der Waals surface area contributed by atoms with Gasteiger partial charge >= 0.3 is 0 Å². The Kier molecular flexibility index (Phi) is 10.9. The number of ether oxygens (including phenoxy) is 2. The number of carbonyl (C=O) groups is 1. The third kappa shape index (κ3) is 8.43. The van der Waals surface area contributed by atoms with E-state index >= 15 is 0 Å². The van der Waals surface area contributed by atoms with E-state index in [1.807, 2.05) is 51.3 Å². The molecule has 0 fully saturated rings. The van der Waals surface area contributed by atoms with Gasteiger partial charge in [-0.2, -0.15) is 0 Å². The fourth-order valence-corrected chi connectivity index (χ4v) is 5.61. The number of hydrogen-bond donors (Lipinski definition) is 1. The summed E-state index contributed by atoms with van der Waals surface area (Å²) in [7, 11) is -3.98. The summed E-state index contributed by atoms with van der Waals surface area (Å²) in [5.74, 6) is 1.09. The number of hydrogen-bond acceptors (Lipinski definition) is 6. The summed E-state index contributed by atoms with van der Waals surface area (Å²) in [5.41, 5.74) is 1.53. The van der Waals surface area contributed by atoms with Crippen LogP contribution in [-0.2, 0) is 21.2 Å². The molecule has 204 valence electrons. The number of benzene rings is 3. The van der Waals surface area contributed by atoms with Crippen LogP contribution in [0.2, 0.25) is 0 Å². The molecule has 3 aromatic rings. The highest BCUT2D eigenvalue weighted by atomic mass is 32.2. The van der Waals surface area contributed by atoms with Crippen molar-refractivity contribution in [3.05, 3.63) is 78.4 Å². The molecule has 0 heterocycles. The predicted octanol–water partition coefficient (Wildman–Crippen LogP) is 5.54. The van der Waals surface area contributed by atoms with Crippen LogP contribution in [0.1, 0.15) is 32.8 Å². The molecule has 0 aliphatic carbocycles. The quantitative estimate of drug-likeness (QED) is 0.207. The van der Waals surface area contributed by atoms with Crippen LogP contribution < -0.4 is 19.1 Å². The Morgan fingerprint density at radius 1 is 0.947 bits per heavy atom. The molecule has 1 amide bonds. The van der Waals surface area contributed by atoms with Gasteiger partial charge in [0.05, 0.1) is 23.3 Å². The van der Waals surface area contributed by atoms with E-state index in [0.717, 1.165) is 33.4 Å². The van der Waals surface area contributed by atoms with E-state index in [0.29, 0.717) is 24.6 Å². The summed E-state index contributed by atoms with van der Waals surface area (Å²) in [6.07, 6.45) is 3.56. The number of nitrogens with zero attached hydrogens (tertiary/aromatic N) is 1. The van der Waals surface area contributed by atoms with Crippen molar-refractivity contribution in [1.29, 1.82) is 0 Å². The van der Waals surface area contributed by atoms with E-state index in [-0.39, 0.29) is 23.5 Å². The van der Waals surface area contributed by atoms with Crippen LogP contribution in [0.4, 0.5) is 5.69 Å². The number of amides is 1. The van der Waals surface area contributed by atoms with Crippen molar-refractivity contribution in [1.82, 2.24) is 5.32 Å². The zero-order valence-corrected chi connectivity index (χ0v) is 24.0. The topological polar surface area (TPSA) is 84.9 Å². The predicted molar refractivity (Wildman–Crippen MR) is 154 cm³/mol. The van der Waals surface area contributed by atoms with Gasteiger partial charge in [-0.05, 0) is 106 Å². The van der Waals surface area contributed by atoms with Gasteiger partial charge in [-0.15, -0.1) is 11.8 Å². The standard InChI is InChI=1S/C29H36N2O5S2/c1-5-35-25-14-10-24(11-15-25)31(38(33,34)28-18-16-27(37-4)17-19-28)21-29(32)30-20-6-7-23-8-12-26(13-9-23)36-22(2)3/h8-19,22H,5-7,20-21H2,1-4H3,(H,30,32). The second-order valence-corrected chi connectivity index (χ2v) is 11.6. The average molecular weight is 557 g/mol. The van der Waals surface area contributed by atoms with Gasteiger partial charge in [0.25, 0.3) is 10.0 Å². The molecular formula is C29H36N2O5S2. The highest BCUT2D eigenvalue weighted by molar-refractivity contribution is 7.98. The largest absolute Gasteiger partial charge is 0.494 e. The second kappa shape index (κ2) is 14.1. The lowest BCUT2D eigenvalue weighted by Gasteiger charge is -2.24. The van der Waals surface area contributed by atoms with Gasteiger partial charge in [0.2, 0.25) is 5.91 Å². The number of aryl methyl sites for hydroxylation is 1. The molecule has 3 rings (SSSR count). The molecule has 0 aliphatic rings. The van der Waals surface area contributed by atoms with Crippen molar-refractivity contribution in [2.24, 2.45) is 0 Å². The summed E-state index contributed by atoms with van der Waals surface area (Å²) < 4.78 is 39.5. The molecule has 7 nitrogen and oxygen atoms in total. The summed E-state index contributed by atoms with van der Waals surface area (Å²) in [5, 5.41) is 2.87. The van der Waals surface area contributed by atoms with Gasteiger partial charge in [-0.1, -0.05) is 12.1 Å². The van der Waals surface area contributed by atoms with Gasteiger partial charge in [0.1, 0.15) is 18.0 Å². The fourth-order valence-electron chi connectivity index (χ4n) is 3.78. The minimum atomic E-state index is -3.98. The van der Waals surface area contributed by atoms with E-state index in [1.54, 1.807) is 48.5 Å². The number of thioether (sulfide) groups is 1. The molecule has 0 saturated heterocycles. The van der Waals surface area contributed by atoms with Gasteiger partial charge in [-0.3, -0.25) is 9.10 Å². The Labute approximate surface area is 230 Å². The Hall–Kier alpha value is -3.17. The Bertz CT molecular complexity index is 1260. The molecule has 9 heteroatoms. The number of carbonyl (C=O) groups excluding carboxylic acids is 1. The highest BCUT2D eigenvalue weighted by Gasteiger charge is 2.27. The summed E-state index contributed by atoms with van der Waals surface area (Å²) in [4.78, 5) is 14.0. The van der Waals surface area contributed by atoms with Gasteiger partial charge in [0.15, 0.2) is 0 Å². The van der Waals surface area contributed by atoms with Gasteiger partial charge in [-0.25, -0.2) is 8.42 Å². The fraction of sp³-hybridized carbons (Fsp3) is 0.345. The van der Waals surface area contributed by atoms with E-state index in [9.17, 15) is 13.2 Å². The number of anilines is 1. The Morgan fingerprint density at radius 3 is 2.16 bits per heavy atom. The van der Waals surface area contributed by atoms with Crippen molar-refractivity contribution in [2.75, 3.05) is 30.3 Å². The molecule has 3 aromatic carbocycles. The third-order valence-electron chi connectivity index (χ3n) is 5.63.